The van der Waals surface area contributed by atoms with Crippen LogP contribution in [0.3, 0.4) is 0 Å². The summed E-state index contributed by atoms with van der Waals surface area (Å²) in [6.45, 7) is 6.23. The molecule has 0 unspecified atom stereocenters. The Morgan fingerprint density at radius 1 is 1.13 bits per heavy atom. The van der Waals surface area contributed by atoms with Crippen LogP contribution in [0.5, 0.6) is 5.75 Å². The van der Waals surface area contributed by atoms with Gasteiger partial charge in [-0.15, -0.1) is 0 Å². The van der Waals surface area contributed by atoms with Gasteiger partial charge in [0.1, 0.15) is 5.75 Å². The molecule has 7 nitrogen and oxygen atoms in total. The van der Waals surface area contributed by atoms with E-state index in [2.05, 4.69) is 5.32 Å². The molecule has 0 spiro atoms. The van der Waals surface area contributed by atoms with Gasteiger partial charge in [-0.05, 0) is 55.7 Å². The van der Waals surface area contributed by atoms with Crippen LogP contribution in [0.2, 0.25) is 0 Å². The standard InChI is InChI=1S/C24H28N2O5/c1-4-17-8-6-7-16(3)23(17)25-21(27)15-31-24(29)18-13-22(28)26(14-18)19-9-11-20(12-10-19)30-5-2/h6-12,18H,4-5,13-15H2,1-3H3,(H,25,27)/t18-/m0/s1. The molecule has 31 heavy (non-hydrogen) atoms. The van der Waals surface area contributed by atoms with E-state index in [-0.39, 0.29) is 25.5 Å². The fourth-order valence-electron chi connectivity index (χ4n) is 3.64. The van der Waals surface area contributed by atoms with Crippen LogP contribution in [0.1, 0.15) is 31.4 Å². The second kappa shape index (κ2) is 10.1. The van der Waals surface area contributed by atoms with Gasteiger partial charge in [0.15, 0.2) is 6.61 Å². The molecule has 0 radical (unpaired) electrons. The number of amides is 2. The normalized spacial score (nSPS) is 15.6. The van der Waals surface area contributed by atoms with Crippen molar-refractivity contribution >= 4 is 29.2 Å². The van der Waals surface area contributed by atoms with Gasteiger partial charge in [-0.2, -0.15) is 0 Å². The Bertz CT molecular complexity index is 955. The summed E-state index contributed by atoms with van der Waals surface area (Å²) in [5, 5.41) is 2.83. The van der Waals surface area contributed by atoms with Gasteiger partial charge in [-0.3, -0.25) is 14.4 Å². The van der Waals surface area contributed by atoms with Crippen LogP contribution in [0, 0.1) is 12.8 Å². The van der Waals surface area contributed by atoms with E-state index in [1.807, 2.05) is 39.0 Å². The van der Waals surface area contributed by atoms with Crippen molar-refractivity contribution in [2.24, 2.45) is 5.92 Å². The lowest BCUT2D eigenvalue weighted by Gasteiger charge is -2.17. The molecular formula is C24H28N2O5. The fourth-order valence-corrected chi connectivity index (χ4v) is 3.64. The van der Waals surface area contributed by atoms with Gasteiger partial charge in [0.25, 0.3) is 5.91 Å². The topological polar surface area (TPSA) is 84.9 Å². The van der Waals surface area contributed by atoms with Crippen molar-refractivity contribution in [3.63, 3.8) is 0 Å². The number of para-hydroxylation sites is 1. The summed E-state index contributed by atoms with van der Waals surface area (Å²) in [5.41, 5.74) is 3.43. The average Bonchev–Trinajstić information content (AvgIpc) is 3.16. The smallest absolute Gasteiger partial charge is 0.311 e. The third kappa shape index (κ3) is 5.42. The molecule has 7 heteroatoms. The van der Waals surface area contributed by atoms with Gasteiger partial charge in [0, 0.05) is 24.3 Å². The number of hydrogen-bond donors (Lipinski definition) is 1. The minimum Gasteiger partial charge on any atom is -0.494 e. The number of benzene rings is 2. The minimum atomic E-state index is -0.600. The molecule has 1 N–H and O–H groups in total. The molecule has 1 heterocycles. The SMILES string of the molecule is CCOc1ccc(N2C[C@@H](C(=O)OCC(=O)Nc3c(C)cccc3CC)CC2=O)cc1. The van der Waals surface area contributed by atoms with E-state index in [0.29, 0.717) is 12.3 Å². The second-order valence-electron chi connectivity index (χ2n) is 7.45. The largest absolute Gasteiger partial charge is 0.494 e. The van der Waals surface area contributed by atoms with Gasteiger partial charge in [-0.1, -0.05) is 25.1 Å². The molecule has 0 saturated carbocycles. The quantitative estimate of drug-likeness (QED) is 0.656. The van der Waals surface area contributed by atoms with Crippen molar-refractivity contribution < 1.29 is 23.9 Å². The lowest BCUT2D eigenvalue weighted by molar-refractivity contribution is -0.151. The number of esters is 1. The fraction of sp³-hybridized carbons (Fsp3) is 0.375. The van der Waals surface area contributed by atoms with Crippen LogP contribution in [-0.2, 0) is 25.5 Å². The number of anilines is 2. The summed E-state index contributed by atoms with van der Waals surface area (Å²) in [5.74, 6) is -0.971. The average molecular weight is 424 g/mol. The molecule has 1 fully saturated rings. The van der Waals surface area contributed by atoms with Crippen molar-refractivity contribution in [2.45, 2.75) is 33.6 Å². The molecular weight excluding hydrogens is 396 g/mol. The van der Waals surface area contributed by atoms with E-state index in [9.17, 15) is 14.4 Å². The van der Waals surface area contributed by atoms with Crippen LogP contribution in [-0.4, -0.2) is 37.5 Å². The molecule has 164 valence electrons. The lowest BCUT2D eigenvalue weighted by atomic mass is 10.1. The van der Waals surface area contributed by atoms with Crippen molar-refractivity contribution in [3.05, 3.63) is 53.6 Å². The molecule has 0 aliphatic carbocycles. The summed E-state index contributed by atoms with van der Waals surface area (Å²) >= 11 is 0. The maximum Gasteiger partial charge on any atom is 0.311 e. The molecule has 1 saturated heterocycles. The zero-order chi connectivity index (χ0) is 22.4. The highest BCUT2D eigenvalue weighted by atomic mass is 16.5. The predicted octanol–water partition coefficient (Wildman–Crippen LogP) is 3.49. The molecule has 2 aromatic carbocycles. The molecule has 0 aromatic heterocycles. The van der Waals surface area contributed by atoms with Gasteiger partial charge in [0.05, 0.1) is 12.5 Å². The maximum absolute atomic E-state index is 12.5. The molecule has 1 aliphatic rings. The highest BCUT2D eigenvalue weighted by Crippen LogP contribution is 2.27. The van der Waals surface area contributed by atoms with E-state index in [1.165, 1.54) is 0 Å². The first kappa shape index (κ1) is 22.3. The van der Waals surface area contributed by atoms with Gasteiger partial charge in [-0.25, -0.2) is 0 Å². The number of nitrogens with zero attached hydrogens (tertiary/aromatic N) is 1. The zero-order valence-electron chi connectivity index (χ0n) is 18.1. The van der Waals surface area contributed by atoms with Crippen LogP contribution in [0.4, 0.5) is 11.4 Å². The summed E-state index contributed by atoms with van der Waals surface area (Å²) in [6.07, 6.45) is 0.841. The Labute approximate surface area is 182 Å². The first-order chi connectivity index (χ1) is 14.9. The monoisotopic (exact) mass is 424 g/mol. The Morgan fingerprint density at radius 2 is 1.87 bits per heavy atom. The maximum atomic E-state index is 12.5. The van der Waals surface area contributed by atoms with Crippen molar-refractivity contribution in [2.75, 3.05) is 30.0 Å². The number of ether oxygens (including phenoxy) is 2. The van der Waals surface area contributed by atoms with Crippen molar-refractivity contribution in [3.8, 4) is 5.75 Å². The number of carbonyl (C=O) groups excluding carboxylic acids is 3. The molecule has 0 bridgehead atoms. The molecule has 2 amide bonds. The number of nitrogens with one attached hydrogen (secondary N) is 1. The molecule has 1 aliphatic heterocycles. The van der Waals surface area contributed by atoms with Gasteiger partial charge < -0.3 is 19.7 Å². The Kier molecular flexibility index (Phi) is 7.28. The molecule has 1 atom stereocenters. The van der Waals surface area contributed by atoms with E-state index < -0.39 is 17.8 Å². The van der Waals surface area contributed by atoms with E-state index in [4.69, 9.17) is 9.47 Å². The number of carbonyl (C=O) groups is 3. The Balaban J connectivity index is 1.54. The first-order valence-electron chi connectivity index (χ1n) is 10.5. The minimum absolute atomic E-state index is 0.0610. The highest BCUT2D eigenvalue weighted by molar-refractivity contribution is 6.00. The number of aryl methyl sites for hydroxylation is 2. The van der Waals surface area contributed by atoms with Crippen molar-refractivity contribution in [1.29, 1.82) is 0 Å². The van der Waals surface area contributed by atoms with E-state index >= 15 is 0 Å². The summed E-state index contributed by atoms with van der Waals surface area (Å²) in [6, 6.07) is 13.0. The van der Waals surface area contributed by atoms with E-state index in [0.717, 1.165) is 29.0 Å². The van der Waals surface area contributed by atoms with Crippen molar-refractivity contribution in [1.82, 2.24) is 0 Å². The first-order valence-corrected chi connectivity index (χ1v) is 10.5. The molecule has 3 rings (SSSR count). The third-order valence-electron chi connectivity index (χ3n) is 5.27. The predicted molar refractivity (Wildman–Crippen MR) is 118 cm³/mol. The van der Waals surface area contributed by atoms with Crippen LogP contribution < -0.4 is 15.0 Å². The van der Waals surface area contributed by atoms with Gasteiger partial charge >= 0.3 is 5.97 Å². The number of hydrogen-bond acceptors (Lipinski definition) is 5. The number of rotatable bonds is 8. The van der Waals surface area contributed by atoms with Crippen LogP contribution in [0.25, 0.3) is 0 Å². The summed E-state index contributed by atoms with van der Waals surface area (Å²) < 4.78 is 10.6. The zero-order valence-corrected chi connectivity index (χ0v) is 18.1. The summed E-state index contributed by atoms with van der Waals surface area (Å²) in [7, 11) is 0. The van der Waals surface area contributed by atoms with E-state index in [1.54, 1.807) is 29.2 Å². The second-order valence-corrected chi connectivity index (χ2v) is 7.45. The van der Waals surface area contributed by atoms with Crippen LogP contribution >= 0.6 is 0 Å². The highest BCUT2D eigenvalue weighted by Gasteiger charge is 2.36. The Hall–Kier alpha value is -3.35. The molecule has 2 aromatic rings. The third-order valence-corrected chi connectivity index (χ3v) is 5.27. The van der Waals surface area contributed by atoms with Crippen LogP contribution in [0.15, 0.2) is 42.5 Å². The Morgan fingerprint density at radius 3 is 2.55 bits per heavy atom. The summed E-state index contributed by atoms with van der Waals surface area (Å²) in [4.78, 5) is 38.7. The lowest BCUT2D eigenvalue weighted by Crippen LogP contribution is -2.28. The van der Waals surface area contributed by atoms with Gasteiger partial charge in [0.2, 0.25) is 5.91 Å².